The molecule has 0 aliphatic heterocycles. The van der Waals surface area contributed by atoms with Crippen LogP contribution in [0.1, 0.15) is 37.0 Å². The zero-order valence-corrected chi connectivity index (χ0v) is 12.0. The lowest BCUT2D eigenvalue weighted by Crippen LogP contribution is -2.39. The summed E-state index contributed by atoms with van der Waals surface area (Å²) in [7, 11) is 0. The number of carbonyl (C=O) groups excluding carboxylic acids is 1. The summed E-state index contributed by atoms with van der Waals surface area (Å²) in [6, 6.07) is 1.61. The third-order valence-corrected chi connectivity index (χ3v) is 3.59. The number of carbonyl (C=O) groups is 1. The largest absolute Gasteiger partial charge is 0.393 e. The molecule has 1 aromatic carbocycles. The van der Waals surface area contributed by atoms with Crippen molar-refractivity contribution in [2.45, 2.75) is 32.7 Å². The molecule has 1 fully saturated rings. The fourth-order valence-electron chi connectivity index (χ4n) is 2.19. The second-order valence-corrected chi connectivity index (χ2v) is 5.64. The average molecular weight is 295 g/mol. The number of halogens is 1. The number of nitrogen functional groups attached to an aromatic ring is 1. The monoisotopic (exact) mass is 295 g/mol. The van der Waals surface area contributed by atoms with E-state index in [2.05, 4.69) is 0 Å². The molecule has 1 aliphatic carbocycles. The highest BCUT2D eigenvalue weighted by Gasteiger charge is 2.31. The van der Waals surface area contributed by atoms with Gasteiger partial charge < -0.3 is 10.6 Å². The van der Waals surface area contributed by atoms with Gasteiger partial charge in [-0.3, -0.25) is 14.9 Å². The summed E-state index contributed by atoms with van der Waals surface area (Å²) in [6.07, 6.45) is 2.13. The molecule has 7 heteroatoms. The zero-order chi connectivity index (χ0) is 15.7. The van der Waals surface area contributed by atoms with E-state index in [-0.39, 0.29) is 17.3 Å². The highest BCUT2D eigenvalue weighted by molar-refractivity contribution is 6.01. The van der Waals surface area contributed by atoms with Crippen molar-refractivity contribution >= 4 is 17.3 Å². The number of hydrogen-bond acceptors (Lipinski definition) is 4. The van der Waals surface area contributed by atoms with Gasteiger partial charge in [0.05, 0.1) is 16.6 Å². The minimum Gasteiger partial charge on any atom is -0.393 e. The number of nitro groups is 1. The summed E-state index contributed by atoms with van der Waals surface area (Å²) in [6.45, 7) is 4.27. The highest BCUT2D eigenvalue weighted by atomic mass is 19.1. The van der Waals surface area contributed by atoms with Gasteiger partial charge in [0.25, 0.3) is 11.6 Å². The van der Waals surface area contributed by atoms with Crippen molar-refractivity contribution in [1.82, 2.24) is 4.90 Å². The molecule has 0 bridgehead atoms. The molecule has 1 aromatic rings. The topological polar surface area (TPSA) is 89.5 Å². The van der Waals surface area contributed by atoms with Crippen LogP contribution in [0.15, 0.2) is 12.1 Å². The quantitative estimate of drug-likeness (QED) is 0.513. The Kier molecular flexibility index (Phi) is 4.11. The molecule has 2 rings (SSSR count). The summed E-state index contributed by atoms with van der Waals surface area (Å²) in [5.41, 5.74) is 4.68. The Labute approximate surface area is 121 Å². The Morgan fingerprint density at radius 3 is 2.62 bits per heavy atom. The SMILES string of the molecule is CC(C)N(CC1CC1)C(=O)c1cc(F)cc([N+](=O)[O-])c1N. The molecule has 0 unspecified atom stereocenters. The van der Waals surface area contributed by atoms with Gasteiger partial charge in [-0.2, -0.15) is 0 Å². The van der Waals surface area contributed by atoms with Crippen molar-refractivity contribution < 1.29 is 14.1 Å². The Morgan fingerprint density at radius 2 is 2.14 bits per heavy atom. The van der Waals surface area contributed by atoms with Crippen LogP contribution in [0, 0.1) is 21.8 Å². The van der Waals surface area contributed by atoms with Crippen LogP contribution < -0.4 is 5.73 Å². The van der Waals surface area contributed by atoms with E-state index in [1.165, 1.54) is 0 Å². The highest BCUT2D eigenvalue weighted by Crippen LogP contribution is 2.32. The average Bonchev–Trinajstić information content (AvgIpc) is 3.20. The predicted molar refractivity (Wildman–Crippen MR) is 76.4 cm³/mol. The van der Waals surface area contributed by atoms with Gasteiger partial charge in [-0.1, -0.05) is 0 Å². The van der Waals surface area contributed by atoms with E-state index in [0.717, 1.165) is 25.0 Å². The molecule has 1 amide bonds. The van der Waals surface area contributed by atoms with E-state index < -0.39 is 22.3 Å². The molecule has 0 radical (unpaired) electrons. The summed E-state index contributed by atoms with van der Waals surface area (Å²) >= 11 is 0. The first-order valence-electron chi connectivity index (χ1n) is 6.85. The molecule has 1 aliphatic rings. The molecule has 0 saturated heterocycles. The van der Waals surface area contributed by atoms with Gasteiger partial charge in [-0.05, 0) is 38.7 Å². The molecule has 2 N–H and O–H groups in total. The second-order valence-electron chi connectivity index (χ2n) is 5.64. The number of nitro benzene ring substituents is 1. The molecule has 21 heavy (non-hydrogen) atoms. The molecule has 0 aromatic heterocycles. The van der Waals surface area contributed by atoms with Crippen molar-refractivity contribution in [3.8, 4) is 0 Å². The molecule has 0 atom stereocenters. The lowest BCUT2D eigenvalue weighted by Gasteiger charge is -2.27. The molecule has 1 saturated carbocycles. The van der Waals surface area contributed by atoms with Gasteiger partial charge in [0.2, 0.25) is 0 Å². The van der Waals surface area contributed by atoms with E-state index in [1.807, 2.05) is 13.8 Å². The third kappa shape index (κ3) is 3.29. The summed E-state index contributed by atoms with van der Waals surface area (Å²) in [5, 5.41) is 10.9. The van der Waals surface area contributed by atoms with Crippen LogP contribution in [0.2, 0.25) is 0 Å². The number of amides is 1. The molecular formula is C14H18FN3O3. The Balaban J connectivity index is 2.38. The van der Waals surface area contributed by atoms with E-state index in [4.69, 9.17) is 5.73 Å². The van der Waals surface area contributed by atoms with Gasteiger partial charge in [0, 0.05) is 12.6 Å². The smallest absolute Gasteiger partial charge is 0.295 e. The van der Waals surface area contributed by atoms with E-state index in [1.54, 1.807) is 4.90 Å². The number of nitrogens with zero attached hydrogens (tertiary/aromatic N) is 2. The van der Waals surface area contributed by atoms with Crippen molar-refractivity contribution in [2.24, 2.45) is 5.92 Å². The first-order chi connectivity index (χ1) is 9.81. The van der Waals surface area contributed by atoms with Crippen molar-refractivity contribution in [1.29, 1.82) is 0 Å². The van der Waals surface area contributed by atoms with Crippen LogP contribution in [0.5, 0.6) is 0 Å². The first-order valence-corrected chi connectivity index (χ1v) is 6.85. The van der Waals surface area contributed by atoms with Crippen molar-refractivity contribution in [3.63, 3.8) is 0 Å². The minimum atomic E-state index is -0.839. The molecule has 0 spiro atoms. The maximum atomic E-state index is 13.5. The second kappa shape index (κ2) is 5.67. The number of benzene rings is 1. The van der Waals surface area contributed by atoms with Gasteiger partial charge in [-0.25, -0.2) is 4.39 Å². The van der Waals surface area contributed by atoms with E-state index >= 15 is 0 Å². The molecule has 0 heterocycles. The number of rotatable bonds is 5. The van der Waals surface area contributed by atoms with Crippen LogP contribution in [-0.4, -0.2) is 28.3 Å². The van der Waals surface area contributed by atoms with Crippen molar-refractivity contribution in [2.75, 3.05) is 12.3 Å². The van der Waals surface area contributed by atoms with Crippen LogP contribution >= 0.6 is 0 Å². The van der Waals surface area contributed by atoms with Crippen LogP contribution in [0.25, 0.3) is 0 Å². The van der Waals surface area contributed by atoms with E-state index in [0.29, 0.717) is 12.5 Å². The summed E-state index contributed by atoms with van der Waals surface area (Å²) in [5.74, 6) is -0.840. The lowest BCUT2D eigenvalue weighted by molar-refractivity contribution is -0.384. The number of nitrogens with two attached hydrogens (primary N) is 1. The van der Waals surface area contributed by atoms with Crippen LogP contribution in [0.4, 0.5) is 15.8 Å². The standard InChI is InChI=1S/C14H18FN3O3/c1-8(2)17(7-9-3-4-9)14(19)11-5-10(15)6-12(13(11)16)18(20)21/h5-6,8-9H,3-4,7,16H2,1-2H3. The normalized spacial score (nSPS) is 14.3. The summed E-state index contributed by atoms with van der Waals surface area (Å²) < 4.78 is 13.5. The number of hydrogen-bond donors (Lipinski definition) is 1. The molecular weight excluding hydrogens is 277 g/mol. The third-order valence-electron chi connectivity index (χ3n) is 3.59. The maximum absolute atomic E-state index is 13.5. The predicted octanol–water partition coefficient (Wildman–Crippen LogP) is 2.58. The zero-order valence-electron chi connectivity index (χ0n) is 12.0. The fourth-order valence-corrected chi connectivity index (χ4v) is 2.19. The van der Waals surface area contributed by atoms with Crippen molar-refractivity contribution in [3.05, 3.63) is 33.6 Å². The number of anilines is 1. The first kappa shape index (κ1) is 15.2. The Morgan fingerprint density at radius 1 is 1.52 bits per heavy atom. The molecule has 6 nitrogen and oxygen atoms in total. The minimum absolute atomic E-state index is 0.0835. The lowest BCUT2D eigenvalue weighted by atomic mass is 10.1. The molecule has 114 valence electrons. The van der Waals surface area contributed by atoms with Gasteiger partial charge >= 0.3 is 0 Å². The van der Waals surface area contributed by atoms with Gasteiger partial charge in [-0.15, -0.1) is 0 Å². The van der Waals surface area contributed by atoms with Gasteiger partial charge in [0.1, 0.15) is 11.5 Å². The fraction of sp³-hybridized carbons (Fsp3) is 0.500. The summed E-state index contributed by atoms with van der Waals surface area (Å²) in [4.78, 5) is 24.2. The van der Waals surface area contributed by atoms with Gasteiger partial charge in [0.15, 0.2) is 0 Å². The van der Waals surface area contributed by atoms with Crippen LogP contribution in [-0.2, 0) is 0 Å². The van der Waals surface area contributed by atoms with E-state index in [9.17, 15) is 19.3 Å². The van der Waals surface area contributed by atoms with Crippen LogP contribution in [0.3, 0.4) is 0 Å². The Hall–Kier alpha value is -2.18. The Bertz CT molecular complexity index is 585. The maximum Gasteiger partial charge on any atom is 0.295 e.